The zero-order valence-electron chi connectivity index (χ0n) is 13.4. The molecule has 1 aliphatic rings. The number of carbonyl (C=O) groups excluding carboxylic acids is 1. The summed E-state index contributed by atoms with van der Waals surface area (Å²) in [6.45, 7) is 3.08. The minimum Gasteiger partial charge on any atom is -0.381 e. The summed E-state index contributed by atoms with van der Waals surface area (Å²) in [6.07, 6.45) is 1.75. The molecule has 3 rings (SSSR count). The average Bonchev–Trinajstić information content (AvgIpc) is 2.97. The fourth-order valence-corrected chi connectivity index (χ4v) is 3.21. The minimum absolute atomic E-state index is 0. The van der Waals surface area contributed by atoms with Gasteiger partial charge in [-0.2, -0.15) is 0 Å². The van der Waals surface area contributed by atoms with E-state index in [1.54, 1.807) is 0 Å². The second-order valence-corrected chi connectivity index (χ2v) is 6.95. The number of benzene rings is 1. The van der Waals surface area contributed by atoms with Gasteiger partial charge < -0.3 is 10.5 Å². The number of hydrogen-bond acceptors (Lipinski definition) is 6. The number of nitrogens with two attached hydrogens (primary N) is 1. The van der Waals surface area contributed by atoms with E-state index in [2.05, 4.69) is 46.7 Å². The van der Waals surface area contributed by atoms with E-state index in [-0.39, 0.29) is 18.3 Å². The molecule has 0 unspecified atom stereocenters. The molecular weight excluding hydrogens is 348 g/mol. The molecule has 1 aliphatic heterocycles. The monoisotopic (exact) mass is 368 g/mol. The molecule has 1 aromatic heterocycles. The number of carbonyl (C=O) groups is 1. The van der Waals surface area contributed by atoms with Crippen LogP contribution >= 0.6 is 23.7 Å². The van der Waals surface area contributed by atoms with Crippen LogP contribution in [-0.4, -0.2) is 34.9 Å². The highest BCUT2D eigenvalue weighted by atomic mass is 35.5. The molecule has 1 aromatic carbocycles. The third-order valence-corrected chi connectivity index (χ3v) is 4.84. The summed E-state index contributed by atoms with van der Waals surface area (Å²) >= 11 is 1.38. The van der Waals surface area contributed by atoms with E-state index in [0.29, 0.717) is 37.6 Å². The van der Waals surface area contributed by atoms with E-state index in [9.17, 15) is 4.79 Å². The summed E-state index contributed by atoms with van der Waals surface area (Å²) in [5, 5.41) is 12.3. The van der Waals surface area contributed by atoms with Crippen molar-refractivity contribution < 1.29 is 9.53 Å². The maximum atomic E-state index is 12.3. The molecule has 8 heteroatoms. The number of aromatic nitrogens is 2. The summed E-state index contributed by atoms with van der Waals surface area (Å²) in [6, 6.07) is 8.29. The van der Waals surface area contributed by atoms with Crippen LogP contribution in [0.4, 0.5) is 5.13 Å². The number of ether oxygens (including phenoxy) is 1. The second-order valence-electron chi connectivity index (χ2n) is 5.89. The van der Waals surface area contributed by atoms with Gasteiger partial charge in [0.05, 0.1) is 0 Å². The van der Waals surface area contributed by atoms with Gasteiger partial charge in [0.2, 0.25) is 11.0 Å². The molecule has 130 valence electrons. The van der Waals surface area contributed by atoms with Crippen LogP contribution in [0.3, 0.4) is 0 Å². The number of nitrogens with one attached hydrogen (secondary N) is 1. The van der Waals surface area contributed by atoms with Crippen molar-refractivity contribution in [1.29, 1.82) is 0 Å². The van der Waals surface area contributed by atoms with Crippen molar-refractivity contribution >= 4 is 34.8 Å². The lowest BCUT2D eigenvalue weighted by atomic mass is 9.90. The fourth-order valence-electron chi connectivity index (χ4n) is 2.44. The van der Waals surface area contributed by atoms with Crippen molar-refractivity contribution in [3.63, 3.8) is 0 Å². The number of amides is 1. The van der Waals surface area contributed by atoms with Crippen molar-refractivity contribution in [3.8, 4) is 0 Å². The molecular formula is C16H21ClN4O2S. The van der Waals surface area contributed by atoms with Gasteiger partial charge in [0, 0.05) is 19.6 Å². The zero-order chi connectivity index (χ0) is 16.3. The van der Waals surface area contributed by atoms with Gasteiger partial charge in [0.25, 0.3) is 0 Å². The van der Waals surface area contributed by atoms with Crippen molar-refractivity contribution in [2.24, 2.45) is 5.73 Å². The van der Waals surface area contributed by atoms with Crippen LogP contribution in [0.25, 0.3) is 0 Å². The number of anilines is 1. The van der Waals surface area contributed by atoms with Gasteiger partial charge in [-0.05, 0) is 25.3 Å². The number of nitrogens with zero attached hydrogens (tertiary/aromatic N) is 2. The van der Waals surface area contributed by atoms with Crippen LogP contribution in [0.5, 0.6) is 0 Å². The molecule has 1 amide bonds. The van der Waals surface area contributed by atoms with Crippen LogP contribution in [0, 0.1) is 6.92 Å². The molecule has 0 aliphatic carbocycles. The Hall–Kier alpha value is -1.54. The smallest absolute Gasteiger partial charge is 0.246 e. The number of hydrogen-bond donors (Lipinski definition) is 2. The highest BCUT2D eigenvalue weighted by molar-refractivity contribution is 7.15. The Morgan fingerprint density at radius 1 is 1.29 bits per heavy atom. The lowest BCUT2D eigenvalue weighted by Crippen LogP contribution is -2.54. The summed E-state index contributed by atoms with van der Waals surface area (Å²) in [4.78, 5) is 12.3. The van der Waals surface area contributed by atoms with E-state index in [4.69, 9.17) is 10.5 Å². The van der Waals surface area contributed by atoms with E-state index < -0.39 is 5.54 Å². The van der Waals surface area contributed by atoms with Gasteiger partial charge in [-0.15, -0.1) is 22.6 Å². The molecule has 1 fully saturated rings. The molecule has 0 spiro atoms. The Kier molecular flexibility index (Phi) is 6.28. The maximum absolute atomic E-state index is 12.3. The Bertz CT molecular complexity index is 684. The van der Waals surface area contributed by atoms with Gasteiger partial charge in [-0.25, -0.2) is 0 Å². The van der Waals surface area contributed by atoms with Gasteiger partial charge in [0.15, 0.2) is 0 Å². The van der Waals surface area contributed by atoms with Crippen LogP contribution in [-0.2, 0) is 16.0 Å². The Balaban J connectivity index is 0.00000208. The van der Waals surface area contributed by atoms with Crippen molar-refractivity contribution in [2.45, 2.75) is 31.7 Å². The van der Waals surface area contributed by atoms with E-state index in [0.717, 1.165) is 5.01 Å². The molecule has 0 atom stereocenters. The molecule has 2 heterocycles. The minimum atomic E-state index is -0.874. The van der Waals surface area contributed by atoms with Crippen LogP contribution in [0.1, 0.15) is 29.0 Å². The van der Waals surface area contributed by atoms with E-state index in [1.807, 2.05) is 0 Å². The normalized spacial score (nSPS) is 16.2. The summed E-state index contributed by atoms with van der Waals surface area (Å²) < 4.78 is 5.26. The summed E-state index contributed by atoms with van der Waals surface area (Å²) in [7, 11) is 0. The molecule has 6 nitrogen and oxygen atoms in total. The lowest BCUT2D eigenvalue weighted by Gasteiger charge is -2.31. The maximum Gasteiger partial charge on any atom is 0.246 e. The predicted molar refractivity (Wildman–Crippen MR) is 96.7 cm³/mol. The van der Waals surface area contributed by atoms with Gasteiger partial charge in [0.1, 0.15) is 10.5 Å². The molecule has 0 saturated carbocycles. The lowest BCUT2D eigenvalue weighted by molar-refractivity contribution is -0.124. The molecule has 24 heavy (non-hydrogen) atoms. The molecule has 1 saturated heterocycles. The standard InChI is InChI=1S/C16H20N4O2S.ClH/c1-11-2-4-12(5-3-11)10-13-19-20-15(23-13)18-14(21)16(17)6-8-22-9-7-16;/h2-5H,6-10,17H2,1H3,(H,18,20,21);1H. The fraction of sp³-hybridized carbons (Fsp3) is 0.438. The molecule has 0 bridgehead atoms. The van der Waals surface area contributed by atoms with Gasteiger partial charge >= 0.3 is 0 Å². The predicted octanol–water partition coefficient (Wildman–Crippen LogP) is 2.31. The third-order valence-electron chi connectivity index (χ3n) is 4.00. The first-order valence-corrected chi connectivity index (χ1v) is 8.43. The average molecular weight is 369 g/mol. The first kappa shape index (κ1) is 18.8. The van der Waals surface area contributed by atoms with E-state index >= 15 is 0 Å². The SMILES string of the molecule is Cc1ccc(Cc2nnc(NC(=O)C3(N)CCOCC3)s2)cc1.Cl. The summed E-state index contributed by atoms with van der Waals surface area (Å²) in [5.74, 6) is -0.209. The van der Waals surface area contributed by atoms with Crippen molar-refractivity contribution in [2.75, 3.05) is 18.5 Å². The first-order chi connectivity index (χ1) is 11.0. The molecule has 3 N–H and O–H groups in total. The van der Waals surface area contributed by atoms with Crippen LogP contribution in [0.2, 0.25) is 0 Å². The highest BCUT2D eigenvalue weighted by Gasteiger charge is 2.36. The zero-order valence-corrected chi connectivity index (χ0v) is 15.1. The number of rotatable bonds is 4. The Labute approximate surface area is 151 Å². The van der Waals surface area contributed by atoms with Crippen molar-refractivity contribution in [1.82, 2.24) is 10.2 Å². The number of halogens is 1. The van der Waals surface area contributed by atoms with Crippen molar-refractivity contribution in [3.05, 3.63) is 40.4 Å². The van der Waals surface area contributed by atoms with Gasteiger partial charge in [-0.1, -0.05) is 41.2 Å². The van der Waals surface area contributed by atoms with Crippen LogP contribution < -0.4 is 11.1 Å². The molecule has 0 radical (unpaired) electrons. The third kappa shape index (κ3) is 4.51. The first-order valence-electron chi connectivity index (χ1n) is 7.61. The van der Waals surface area contributed by atoms with Gasteiger partial charge in [-0.3, -0.25) is 10.1 Å². The molecule has 2 aromatic rings. The highest BCUT2D eigenvalue weighted by Crippen LogP contribution is 2.23. The Morgan fingerprint density at radius 3 is 2.62 bits per heavy atom. The number of aryl methyl sites for hydroxylation is 1. The largest absolute Gasteiger partial charge is 0.381 e. The Morgan fingerprint density at radius 2 is 1.96 bits per heavy atom. The van der Waals surface area contributed by atoms with Crippen LogP contribution in [0.15, 0.2) is 24.3 Å². The topological polar surface area (TPSA) is 90.1 Å². The second kappa shape index (κ2) is 8.02. The van der Waals surface area contributed by atoms with E-state index in [1.165, 1.54) is 22.5 Å². The quantitative estimate of drug-likeness (QED) is 0.864. The summed E-state index contributed by atoms with van der Waals surface area (Å²) in [5.41, 5.74) is 7.68.